The Bertz CT molecular complexity index is 837. The fraction of sp³-hybridized carbons (Fsp3) is 0.579. The van der Waals surface area contributed by atoms with Crippen molar-refractivity contribution in [3.8, 4) is 0 Å². The van der Waals surface area contributed by atoms with E-state index in [-0.39, 0.29) is 5.82 Å². The van der Waals surface area contributed by atoms with Crippen molar-refractivity contribution in [3.63, 3.8) is 0 Å². The van der Waals surface area contributed by atoms with Gasteiger partial charge in [0.15, 0.2) is 0 Å². The van der Waals surface area contributed by atoms with Crippen molar-refractivity contribution in [2.45, 2.75) is 20.1 Å². The van der Waals surface area contributed by atoms with Gasteiger partial charge in [0.2, 0.25) is 10.7 Å². The van der Waals surface area contributed by atoms with Gasteiger partial charge in [-0.25, -0.2) is 9.07 Å². The van der Waals surface area contributed by atoms with Crippen LogP contribution in [0.15, 0.2) is 24.3 Å². The molecule has 0 N–H and O–H groups in total. The van der Waals surface area contributed by atoms with Crippen LogP contribution in [0.5, 0.6) is 0 Å². The van der Waals surface area contributed by atoms with Gasteiger partial charge in [0.25, 0.3) is 0 Å². The highest BCUT2D eigenvalue weighted by Gasteiger charge is 2.22. The van der Waals surface area contributed by atoms with Gasteiger partial charge in [-0.3, -0.25) is 9.47 Å². The molecule has 7 nitrogen and oxygen atoms in total. The van der Waals surface area contributed by atoms with E-state index in [4.69, 9.17) is 22.1 Å². The first-order valence-electron chi connectivity index (χ1n) is 9.89. The van der Waals surface area contributed by atoms with E-state index in [2.05, 4.69) is 26.2 Å². The fourth-order valence-corrected chi connectivity index (χ4v) is 4.09. The average molecular weight is 407 g/mol. The summed E-state index contributed by atoms with van der Waals surface area (Å²) in [6, 6.07) is 6.73. The summed E-state index contributed by atoms with van der Waals surface area (Å²) in [4.78, 5) is 6.91. The molecule has 1 aromatic heterocycles. The quantitative estimate of drug-likeness (QED) is 0.709. The number of hydrogen-bond donors (Lipinski definition) is 0. The van der Waals surface area contributed by atoms with Crippen molar-refractivity contribution < 1.29 is 9.13 Å². The van der Waals surface area contributed by atoms with Crippen LogP contribution < -0.4 is 9.80 Å². The molecule has 2 saturated heterocycles. The average Bonchev–Trinajstić information content (AvgIpc) is 3.05. The summed E-state index contributed by atoms with van der Waals surface area (Å²) >= 11 is 5.69. The van der Waals surface area contributed by atoms with E-state index in [9.17, 15) is 4.39 Å². The van der Waals surface area contributed by atoms with Crippen LogP contribution in [0, 0.1) is 10.6 Å². The maximum absolute atomic E-state index is 13.1. The van der Waals surface area contributed by atoms with Crippen LogP contribution >= 0.6 is 12.2 Å². The summed E-state index contributed by atoms with van der Waals surface area (Å²) in [5.41, 5.74) is 1.07. The molecule has 28 heavy (non-hydrogen) atoms. The number of nitrogens with zero attached hydrogens (tertiary/aromatic N) is 6. The highest BCUT2D eigenvalue weighted by atomic mass is 32.1. The number of piperazine rings is 1. The minimum Gasteiger partial charge on any atom is -0.378 e. The van der Waals surface area contributed by atoms with Crippen molar-refractivity contribution in [1.82, 2.24) is 19.2 Å². The Morgan fingerprint density at radius 2 is 1.68 bits per heavy atom. The molecule has 2 aliphatic heterocycles. The molecule has 2 aromatic rings. The van der Waals surface area contributed by atoms with Crippen molar-refractivity contribution in [1.29, 1.82) is 0 Å². The number of aromatic nitrogens is 3. The molecule has 0 unspecified atom stereocenters. The Morgan fingerprint density at radius 1 is 1.00 bits per heavy atom. The lowest BCUT2D eigenvalue weighted by Gasteiger charge is -2.35. The minimum atomic E-state index is -0.195. The van der Waals surface area contributed by atoms with Crippen LogP contribution in [0.3, 0.4) is 0 Å². The van der Waals surface area contributed by atoms with E-state index in [0.29, 0.717) is 6.67 Å². The zero-order chi connectivity index (χ0) is 19.5. The third kappa shape index (κ3) is 4.06. The first-order chi connectivity index (χ1) is 13.7. The van der Waals surface area contributed by atoms with Crippen molar-refractivity contribution >= 4 is 23.9 Å². The second-order valence-corrected chi connectivity index (χ2v) is 7.51. The molecule has 4 rings (SSSR count). The van der Waals surface area contributed by atoms with Crippen LogP contribution in [0.1, 0.15) is 6.92 Å². The molecule has 152 valence electrons. The maximum atomic E-state index is 13.1. The second-order valence-electron chi connectivity index (χ2n) is 7.15. The topological polar surface area (TPSA) is 41.7 Å². The van der Waals surface area contributed by atoms with Gasteiger partial charge in [-0.05, 0) is 43.4 Å². The van der Waals surface area contributed by atoms with Crippen molar-refractivity contribution in [2.24, 2.45) is 0 Å². The molecule has 3 heterocycles. The summed E-state index contributed by atoms with van der Waals surface area (Å²) in [7, 11) is 0. The summed E-state index contributed by atoms with van der Waals surface area (Å²) in [6.45, 7) is 10.4. The van der Waals surface area contributed by atoms with Gasteiger partial charge in [-0.15, -0.1) is 5.10 Å². The van der Waals surface area contributed by atoms with Crippen LogP contribution in [-0.2, 0) is 18.0 Å². The number of rotatable bonds is 5. The zero-order valence-electron chi connectivity index (χ0n) is 16.3. The smallest absolute Gasteiger partial charge is 0.226 e. The lowest BCUT2D eigenvalue weighted by Crippen LogP contribution is -2.47. The van der Waals surface area contributed by atoms with E-state index in [0.717, 1.165) is 75.4 Å². The molecule has 9 heteroatoms. The summed E-state index contributed by atoms with van der Waals surface area (Å²) in [5.74, 6) is 0.750. The Hall–Kier alpha value is -1.97. The zero-order valence-corrected chi connectivity index (χ0v) is 17.1. The highest BCUT2D eigenvalue weighted by molar-refractivity contribution is 7.71. The van der Waals surface area contributed by atoms with Crippen LogP contribution in [0.2, 0.25) is 0 Å². The molecule has 0 radical (unpaired) electrons. The van der Waals surface area contributed by atoms with Gasteiger partial charge in [0, 0.05) is 51.5 Å². The van der Waals surface area contributed by atoms with Gasteiger partial charge in [0.05, 0.1) is 19.9 Å². The van der Waals surface area contributed by atoms with E-state index in [1.54, 1.807) is 0 Å². The first kappa shape index (κ1) is 19.4. The molecule has 0 amide bonds. The van der Waals surface area contributed by atoms with Crippen LogP contribution in [0.25, 0.3) is 0 Å². The Kier molecular flexibility index (Phi) is 5.93. The minimum absolute atomic E-state index is 0.195. The van der Waals surface area contributed by atoms with Crippen molar-refractivity contribution in [2.75, 3.05) is 62.3 Å². The van der Waals surface area contributed by atoms with Gasteiger partial charge < -0.3 is 14.5 Å². The largest absolute Gasteiger partial charge is 0.378 e. The summed E-state index contributed by atoms with van der Waals surface area (Å²) < 4.78 is 23.4. The third-order valence-electron chi connectivity index (χ3n) is 5.41. The number of benzene rings is 1. The lowest BCUT2D eigenvalue weighted by molar-refractivity contribution is 0.121. The third-order valence-corrected chi connectivity index (χ3v) is 5.84. The monoisotopic (exact) mass is 406 g/mol. The fourth-order valence-electron chi connectivity index (χ4n) is 3.78. The number of anilines is 2. The Balaban J connectivity index is 1.41. The number of hydrogen-bond acceptors (Lipinski definition) is 6. The molecular formula is C19H27FN6OS. The van der Waals surface area contributed by atoms with E-state index >= 15 is 0 Å². The first-order valence-corrected chi connectivity index (χ1v) is 10.3. The lowest BCUT2D eigenvalue weighted by atomic mass is 10.2. The van der Waals surface area contributed by atoms with Gasteiger partial charge in [-0.2, -0.15) is 0 Å². The molecule has 1 aromatic carbocycles. The predicted molar refractivity (Wildman–Crippen MR) is 110 cm³/mol. The number of ether oxygens (including phenoxy) is 1. The predicted octanol–water partition coefficient (Wildman–Crippen LogP) is 2.19. The molecule has 0 atom stereocenters. The van der Waals surface area contributed by atoms with Gasteiger partial charge in [0.1, 0.15) is 5.82 Å². The Labute approximate surface area is 169 Å². The second kappa shape index (κ2) is 8.59. The van der Waals surface area contributed by atoms with E-state index in [1.807, 2.05) is 16.8 Å². The normalized spacial score (nSPS) is 18.6. The van der Waals surface area contributed by atoms with E-state index < -0.39 is 0 Å². The molecule has 0 bridgehead atoms. The van der Waals surface area contributed by atoms with Gasteiger partial charge >= 0.3 is 0 Å². The number of morpholine rings is 1. The standard InChI is InChI=1S/C19H27FN6OS/c1-2-25-18(24-11-13-27-14-12-24)21-26(19(25)28)15-22-7-9-23(10-8-22)17-5-3-16(20)4-6-17/h3-6H,2,7-15H2,1H3. The molecule has 0 spiro atoms. The maximum Gasteiger partial charge on any atom is 0.226 e. The number of halogens is 1. The SMILES string of the molecule is CCn1c(N2CCOCC2)nn(CN2CCN(c3ccc(F)cc3)CC2)c1=S. The van der Waals surface area contributed by atoms with Crippen molar-refractivity contribution in [3.05, 3.63) is 34.9 Å². The molecule has 2 aliphatic rings. The molecular weight excluding hydrogens is 379 g/mol. The highest BCUT2D eigenvalue weighted by Crippen LogP contribution is 2.19. The molecule has 0 aliphatic carbocycles. The summed E-state index contributed by atoms with van der Waals surface area (Å²) in [6.07, 6.45) is 0. The van der Waals surface area contributed by atoms with E-state index in [1.165, 1.54) is 12.1 Å². The summed E-state index contributed by atoms with van der Waals surface area (Å²) in [5, 5.41) is 4.83. The van der Waals surface area contributed by atoms with Crippen LogP contribution in [0.4, 0.5) is 16.0 Å². The van der Waals surface area contributed by atoms with Crippen LogP contribution in [-0.4, -0.2) is 71.7 Å². The van der Waals surface area contributed by atoms with Gasteiger partial charge in [-0.1, -0.05) is 0 Å². The molecule has 2 fully saturated rings. The molecule has 0 saturated carbocycles. The Morgan fingerprint density at radius 3 is 2.32 bits per heavy atom.